The molecule has 1 aliphatic rings. The molecule has 1 aromatic carbocycles. The summed E-state index contributed by atoms with van der Waals surface area (Å²) < 4.78 is 0. The van der Waals surface area contributed by atoms with E-state index in [9.17, 15) is 0 Å². The lowest BCUT2D eigenvalue weighted by molar-refractivity contribution is 0.243. The minimum Gasteiger partial charge on any atom is -0.310 e. The Kier molecular flexibility index (Phi) is 4.67. The molecule has 0 aromatic heterocycles. The van der Waals surface area contributed by atoms with Crippen LogP contribution >= 0.6 is 0 Å². The Bertz CT molecular complexity index is 402. The molecule has 0 amide bonds. The monoisotopic (exact) mass is 259 g/mol. The fraction of sp³-hybridized carbons (Fsp3) is 0.667. The van der Waals surface area contributed by atoms with Crippen LogP contribution in [-0.2, 0) is 6.42 Å². The van der Waals surface area contributed by atoms with E-state index in [4.69, 9.17) is 0 Å². The van der Waals surface area contributed by atoms with Crippen molar-refractivity contribution in [3.05, 3.63) is 35.4 Å². The second kappa shape index (κ2) is 6.09. The van der Waals surface area contributed by atoms with E-state index in [-0.39, 0.29) is 0 Å². The molecule has 19 heavy (non-hydrogen) atoms. The van der Waals surface area contributed by atoms with E-state index in [1.165, 1.54) is 25.7 Å². The summed E-state index contributed by atoms with van der Waals surface area (Å²) in [7, 11) is 0. The van der Waals surface area contributed by atoms with Crippen molar-refractivity contribution in [1.29, 1.82) is 0 Å². The van der Waals surface area contributed by atoms with Gasteiger partial charge in [0, 0.05) is 6.04 Å². The molecule has 1 aromatic rings. The molecule has 0 heterocycles. The van der Waals surface area contributed by atoms with Crippen molar-refractivity contribution in [1.82, 2.24) is 5.32 Å². The molecule has 1 nitrogen and oxygen atoms in total. The van der Waals surface area contributed by atoms with Gasteiger partial charge in [0.2, 0.25) is 0 Å². The number of nitrogens with one attached hydrogen (secondary N) is 1. The number of aryl methyl sites for hydroxylation is 1. The lowest BCUT2D eigenvalue weighted by atomic mass is 9.82. The lowest BCUT2D eigenvalue weighted by Crippen LogP contribution is -2.32. The molecule has 1 N–H and O–H groups in total. The van der Waals surface area contributed by atoms with Gasteiger partial charge in [-0.1, -0.05) is 58.4 Å². The molecule has 0 fully saturated rings. The molecule has 2 rings (SSSR count). The van der Waals surface area contributed by atoms with Gasteiger partial charge in [-0.2, -0.15) is 0 Å². The van der Waals surface area contributed by atoms with Gasteiger partial charge in [-0.3, -0.25) is 0 Å². The summed E-state index contributed by atoms with van der Waals surface area (Å²) in [6.45, 7) is 10.5. The highest BCUT2D eigenvalue weighted by Gasteiger charge is 2.23. The van der Waals surface area contributed by atoms with Gasteiger partial charge in [-0.05, 0) is 48.3 Å². The second-order valence-electron chi connectivity index (χ2n) is 7.17. The van der Waals surface area contributed by atoms with Crippen molar-refractivity contribution >= 4 is 0 Å². The first-order valence-corrected chi connectivity index (χ1v) is 7.79. The third kappa shape index (κ3) is 3.82. The van der Waals surface area contributed by atoms with Gasteiger partial charge < -0.3 is 5.32 Å². The van der Waals surface area contributed by atoms with Crippen LogP contribution in [0.3, 0.4) is 0 Å². The molecular weight excluding hydrogens is 230 g/mol. The first-order chi connectivity index (χ1) is 8.98. The number of rotatable bonds is 3. The molecule has 0 spiro atoms. The normalized spacial score (nSPS) is 21.6. The van der Waals surface area contributed by atoms with Gasteiger partial charge in [-0.25, -0.2) is 0 Å². The van der Waals surface area contributed by atoms with Crippen molar-refractivity contribution in [3.63, 3.8) is 0 Å². The highest BCUT2D eigenvalue weighted by atomic mass is 14.9. The minimum atomic E-state index is 0.386. The molecule has 0 aliphatic heterocycles. The molecule has 0 radical (unpaired) electrons. The summed E-state index contributed by atoms with van der Waals surface area (Å²) in [4.78, 5) is 0. The molecule has 0 saturated carbocycles. The maximum Gasteiger partial charge on any atom is 0.0323 e. The third-order valence-electron chi connectivity index (χ3n) is 4.77. The minimum absolute atomic E-state index is 0.386. The molecule has 2 atom stereocenters. The molecule has 0 saturated heterocycles. The molecular formula is C18H29N. The molecule has 1 aliphatic carbocycles. The summed E-state index contributed by atoms with van der Waals surface area (Å²) in [5.41, 5.74) is 3.49. The van der Waals surface area contributed by atoms with Gasteiger partial charge in [-0.15, -0.1) is 0 Å². The summed E-state index contributed by atoms with van der Waals surface area (Å²) in [6, 6.07) is 9.55. The van der Waals surface area contributed by atoms with Crippen molar-refractivity contribution < 1.29 is 0 Å². The summed E-state index contributed by atoms with van der Waals surface area (Å²) in [6.07, 6.45) is 5.22. The first kappa shape index (κ1) is 14.6. The van der Waals surface area contributed by atoms with Gasteiger partial charge >= 0.3 is 0 Å². The average Bonchev–Trinajstić information content (AvgIpc) is 2.57. The van der Waals surface area contributed by atoms with Crippen LogP contribution in [0.4, 0.5) is 0 Å². The molecule has 106 valence electrons. The van der Waals surface area contributed by atoms with E-state index in [0.29, 0.717) is 17.4 Å². The highest BCUT2D eigenvalue weighted by molar-refractivity contribution is 5.31. The number of hydrogen-bond donors (Lipinski definition) is 1. The quantitative estimate of drug-likeness (QED) is 0.774. The van der Waals surface area contributed by atoms with E-state index in [1.54, 1.807) is 11.1 Å². The Hall–Kier alpha value is -0.820. The second-order valence-corrected chi connectivity index (χ2v) is 7.17. The van der Waals surface area contributed by atoms with E-state index in [1.807, 2.05) is 0 Å². The third-order valence-corrected chi connectivity index (χ3v) is 4.77. The average molecular weight is 259 g/mol. The summed E-state index contributed by atoms with van der Waals surface area (Å²) in [5.74, 6) is 0.697. The van der Waals surface area contributed by atoms with Gasteiger partial charge in [0.15, 0.2) is 0 Å². The van der Waals surface area contributed by atoms with Crippen LogP contribution in [-0.4, -0.2) is 6.54 Å². The largest absolute Gasteiger partial charge is 0.310 e. The van der Waals surface area contributed by atoms with E-state index in [2.05, 4.69) is 57.3 Å². The van der Waals surface area contributed by atoms with Crippen LogP contribution in [0.1, 0.15) is 64.1 Å². The predicted molar refractivity (Wildman–Crippen MR) is 83.4 cm³/mol. The van der Waals surface area contributed by atoms with Gasteiger partial charge in [0.05, 0.1) is 0 Å². The van der Waals surface area contributed by atoms with E-state index < -0.39 is 0 Å². The standard InChI is InChI=1S/C18H29N/c1-14(18(2,3)4)13-19-17-12-8-6-10-15-9-5-7-11-16(15)17/h5,7,9,11,14,17,19H,6,8,10,12-13H2,1-4H3. The zero-order valence-corrected chi connectivity index (χ0v) is 13.0. The van der Waals surface area contributed by atoms with Crippen molar-refractivity contribution in [2.45, 2.75) is 59.4 Å². The van der Waals surface area contributed by atoms with Crippen molar-refractivity contribution in [2.24, 2.45) is 11.3 Å². The van der Waals surface area contributed by atoms with Crippen LogP contribution in [0.5, 0.6) is 0 Å². The fourth-order valence-corrected chi connectivity index (χ4v) is 2.76. The smallest absolute Gasteiger partial charge is 0.0323 e. The SMILES string of the molecule is CC(CNC1CCCCc2ccccc21)C(C)(C)C. The molecule has 2 unspecified atom stereocenters. The number of hydrogen-bond acceptors (Lipinski definition) is 1. The summed E-state index contributed by atoms with van der Waals surface area (Å²) >= 11 is 0. The topological polar surface area (TPSA) is 12.0 Å². The highest BCUT2D eigenvalue weighted by Crippen LogP contribution is 2.30. The van der Waals surface area contributed by atoms with E-state index in [0.717, 1.165) is 6.54 Å². The van der Waals surface area contributed by atoms with Crippen LogP contribution < -0.4 is 5.32 Å². The first-order valence-electron chi connectivity index (χ1n) is 7.79. The Balaban J connectivity index is 2.04. The Morgan fingerprint density at radius 1 is 1.21 bits per heavy atom. The zero-order valence-electron chi connectivity index (χ0n) is 13.0. The Morgan fingerprint density at radius 3 is 2.68 bits per heavy atom. The number of fused-ring (bicyclic) bond motifs is 1. The number of benzene rings is 1. The van der Waals surface area contributed by atoms with Crippen molar-refractivity contribution in [3.8, 4) is 0 Å². The van der Waals surface area contributed by atoms with Crippen LogP contribution in [0, 0.1) is 11.3 Å². The van der Waals surface area contributed by atoms with Gasteiger partial charge in [0.25, 0.3) is 0 Å². The van der Waals surface area contributed by atoms with E-state index >= 15 is 0 Å². The predicted octanol–water partition coefficient (Wildman–Crippen LogP) is 4.73. The van der Waals surface area contributed by atoms with Crippen LogP contribution in [0.25, 0.3) is 0 Å². The van der Waals surface area contributed by atoms with Gasteiger partial charge in [0.1, 0.15) is 0 Å². The summed E-state index contributed by atoms with van der Waals surface area (Å²) in [5, 5.41) is 3.82. The van der Waals surface area contributed by atoms with Crippen molar-refractivity contribution in [2.75, 3.05) is 6.54 Å². The van der Waals surface area contributed by atoms with Crippen LogP contribution in [0.2, 0.25) is 0 Å². The Labute approximate surface area is 118 Å². The maximum absolute atomic E-state index is 3.82. The molecule has 0 bridgehead atoms. The Morgan fingerprint density at radius 2 is 1.95 bits per heavy atom. The lowest BCUT2D eigenvalue weighted by Gasteiger charge is -2.30. The zero-order chi connectivity index (χ0) is 13.9. The van der Waals surface area contributed by atoms with Crippen LogP contribution in [0.15, 0.2) is 24.3 Å². The fourth-order valence-electron chi connectivity index (χ4n) is 2.76. The molecule has 1 heteroatoms. The maximum atomic E-state index is 3.82.